The lowest BCUT2D eigenvalue weighted by atomic mass is 9.82. The number of benzene rings is 1. The number of likely N-dealkylation sites (tertiary alicyclic amines) is 1. The molecular formula is C21H28FNO2. The molecule has 3 nitrogen and oxygen atoms in total. The van der Waals surface area contributed by atoms with E-state index < -0.39 is 5.60 Å². The smallest absolute Gasteiger partial charge is 0.125 e. The van der Waals surface area contributed by atoms with Gasteiger partial charge in [-0.3, -0.25) is 0 Å². The molecule has 1 aromatic carbocycles. The second kappa shape index (κ2) is 6.73. The van der Waals surface area contributed by atoms with E-state index in [0.29, 0.717) is 0 Å². The van der Waals surface area contributed by atoms with Gasteiger partial charge in [0, 0.05) is 32.3 Å². The molecule has 1 saturated carbocycles. The van der Waals surface area contributed by atoms with Crippen LogP contribution in [0.4, 0.5) is 4.39 Å². The van der Waals surface area contributed by atoms with Gasteiger partial charge in [-0.05, 0) is 61.6 Å². The van der Waals surface area contributed by atoms with E-state index in [4.69, 9.17) is 9.47 Å². The molecule has 136 valence electrons. The molecule has 4 heteroatoms. The lowest BCUT2D eigenvalue weighted by Crippen LogP contribution is -2.45. The molecule has 3 atom stereocenters. The molecule has 1 saturated heterocycles. The van der Waals surface area contributed by atoms with Gasteiger partial charge in [0.25, 0.3) is 0 Å². The molecule has 0 amide bonds. The molecule has 25 heavy (non-hydrogen) atoms. The normalized spacial score (nSPS) is 30.8. The summed E-state index contributed by atoms with van der Waals surface area (Å²) in [5.41, 5.74) is 0.401. The third-order valence-electron chi connectivity index (χ3n) is 6.62. The molecule has 4 rings (SSSR count). The van der Waals surface area contributed by atoms with E-state index in [1.165, 1.54) is 25.5 Å². The lowest BCUT2D eigenvalue weighted by Gasteiger charge is -2.42. The van der Waals surface area contributed by atoms with Crippen molar-refractivity contribution in [2.75, 3.05) is 33.9 Å². The van der Waals surface area contributed by atoms with E-state index in [2.05, 4.69) is 17.1 Å². The van der Waals surface area contributed by atoms with Gasteiger partial charge >= 0.3 is 0 Å². The lowest BCUT2D eigenvalue weighted by molar-refractivity contribution is -0.0661. The predicted molar refractivity (Wildman–Crippen MR) is 96.2 cm³/mol. The topological polar surface area (TPSA) is 21.7 Å². The highest BCUT2D eigenvalue weighted by Gasteiger charge is 2.41. The Kier molecular flexibility index (Phi) is 4.59. The van der Waals surface area contributed by atoms with E-state index >= 15 is 0 Å². The van der Waals surface area contributed by atoms with Crippen LogP contribution >= 0.6 is 0 Å². The third-order valence-corrected chi connectivity index (χ3v) is 6.62. The Bertz CT molecular complexity index is 651. The van der Waals surface area contributed by atoms with Crippen LogP contribution in [0.1, 0.15) is 31.2 Å². The fourth-order valence-electron chi connectivity index (χ4n) is 5.15. The molecule has 3 aliphatic rings. The third kappa shape index (κ3) is 3.11. The first-order valence-electron chi connectivity index (χ1n) is 9.43. The standard InChI is InChI=1S/C21H28FNO2/c1-24-20-6-5-18(22)13-19(20)21(25-2)7-9-23(10-8-21)14-17-12-15-3-4-16(17)11-15/h3-6,13,15-17H,7-12,14H2,1-2H3/t15-,16?,17-/m0/s1. The Morgan fingerprint density at radius 2 is 1.96 bits per heavy atom. The quantitative estimate of drug-likeness (QED) is 0.754. The summed E-state index contributed by atoms with van der Waals surface area (Å²) in [7, 11) is 3.37. The summed E-state index contributed by atoms with van der Waals surface area (Å²) in [6.07, 6.45) is 9.30. The highest BCUT2D eigenvalue weighted by atomic mass is 19.1. The molecule has 2 fully saturated rings. The average molecular weight is 345 g/mol. The highest BCUT2D eigenvalue weighted by molar-refractivity contribution is 5.39. The van der Waals surface area contributed by atoms with Gasteiger partial charge in [0.15, 0.2) is 0 Å². The van der Waals surface area contributed by atoms with Gasteiger partial charge in [-0.15, -0.1) is 0 Å². The van der Waals surface area contributed by atoms with Crippen molar-refractivity contribution in [2.45, 2.75) is 31.3 Å². The maximum atomic E-state index is 13.9. The summed E-state index contributed by atoms with van der Waals surface area (Å²) < 4.78 is 25.3. The Balaban J connectivity index is 1.45. The summed E-state index contributed by atoms with van der Waals surface area (Å²) >= 11 is 0. The van der Waals surface area contributed by atoms with Crippen molar-refractivity contribution >= 4 is 0 Å². The van der Waals surface area contributed by atoms with Crippen molar-refractivity contribution in [3.8, 4) is 5.75 Å². The maximum Gasteiger partial charge on any atom is 0.125 e. The van der Waals surface area contributed by atoms with Crippen LogP contribution in [0.5, 0.6) is 5.75 Å². The number of nitrogens with zero attached hydrogens (tertiary/aromatic N) is 1. The minimum absolute atomic E-state index is 0.233. The number of hydrogen-bond acceptors (Lipinski definition) is 3. The number of rotatable bonds is 5. The number of fused-ring (bicyclic) bond motifs is 2. The molecule has 1 aliphatic heterocycles. The van der Waals surface area contributed by atoms with E-state index in [-0.39, 0.29) is 5.82 Å². The van der Waals surface area contributed by atoms with Crippen molar-refractivity contribution < 1.29 is 13.9 Å². The second-order valence-electron chi connectivity index (χ2n) is 7.88. The van der Waals surface area contributed by atoms with Gasteiger partial charge in [0.2, 0.25) is 0 Å². The molecule has 0 aromatic heterocycles. The number of methoxy groups -OCH3 is 2. The van der Waals surface area contributed by atoms with E-state index in [1.807, 2.05) is 0 Å². The number of halogens is 1. The molecule has 0 N–H and O–H groups in total. The van der Waals surface area contributed by atoms with Crippen LogP contribution in [0.2, 0.25) is 0 Å². The fourth-order valence-corrected chi connectivity index (χ4v) is 5.15. The zero-order chi connectivity index (χ0) is 17.4. The van der Waals surface area contributed by atoms with Crippen LogP contribution in [0, 0.1) is 23.6 Å². The van der Waals surface area contributed by atoms with Crippen LogP contribution in [0.15, 0.2) is 30.4 Å². The van der Waals surface area contributed by atoms with Crippen molar-refractivity contribution in [3.63, 3.8) is 0 Å². The van der Waals surface area contributed by atoms with E-state index in [1.54, 1.807) is 26.4 Å². The molecule has 1 aromatic rings. The van der Waals surface area contributed by atoms with Crippen molar-refractivity contribution in [2.24, 2.45) is 17.8 Å². The van der Waals surface area contributed by atoms with Crippen molar-refractivity contribution in [3.05, 3.63) is 41.7 Å². The Labute approximate surface area is 149 Å². The van der Waals surface area contributed by atoms with Gasteiger partial charge in [0.05, 0.1) is 12.7 Å². The van der Waals surface area contributed by atoms with E-state index in [9.17, 15) is 4.39 Å². The number of hydrogen-bond donors (Lipinski definition) is 0. The van der Waals surface area contributed by atoms with E-state index in [0.717, 1.165) is 55.0 Å². The summed E-state index contributed by atoms with van der Waals surface area (Å²) in [6.45, 7) is 3.17. The zero-order valence-electron chi connectivity index (χ0n) is 15.2. The van der Waals surface area contributed by atoms with Crippen LogP contribution in [-0.4, -0.2) is 38.8 Å². The number of ether oxygens (including phenoxy) is 2. The minimum atomic E-state index is -0.446. The fraction of sp³-hybridized carbons (Fsp3) is 0.619. The second-order valence-corrected chi connectivity index (χ2v) is 7.88. The minimum Gasteiger partial charge on any atom is -0.496 e. The maximum absolute atomic E-state index is 13.9. The molecule has 2 bridgehead atoms. The largest absolute Gasteiger partial charge is 0.496 e. The van der Waals surface area contributed by atoms with Gasteiger partial charge < -0.3 is 14.4 Å². The molecule has 1 unspecified atom stereocenters. The Morgan fingerprint density at radius 1 is 1.16 bits per heavy atom. The molecule has 0 spiro atoms. The average Bonchev–Trinajstić information content (AvgIpc) is 3.26. The monoisotopic (exact) mass is 345 g/mol. The number of piperidine rings is 1. The van der Waals surface area contributed by atoms with Crippen molar-refractivity contribution in [1.82, 2.24) is 4.90 Å². The van der Waals surface area contributed by atoms with Gasteiger partial charge in [-0.2, -0.15) is 0 Å². The summed E-state index contributed by atoms with van der Waals surface area (Å²) in [6, 6.07) is 4.74. The van der Waals surface area contributed by atoms with Crippen LogP contribution in [0.25, 0.3) is 0 Å². The first kappa shape index (κ1) is 17.0. The zero-order valence-corrected chi connectivity index (χ0v) is 15.2. The Hall–Kier alpha value is -1.39. The van der Waals surface area contributed by atoms with Crippen LogP contribution in [-0.2, 0) is 10.3 Å². The van der Waals surface area contributed by atoms with Gasteiger partial charge in [0.1, 0.15) is 11.6 Å². The molecule has 1 heterocycles. The SMILES string of the molecule is COc1ccc(F)cc1C1(OC)CCN(C[C@@H]2C[C@H]3C=CC2C3)CC1. The van der Waals surface area contributed by atoms with Crippen LogP contribution < -0.4 is 4.74 Å². The number of allylic oxidation sites excluding steroid dienone is 2. The first-order chi connectivity index (χ1) is 12.1. The predicted octanol–water partition coefficient (Wildman–Crippen LogP) is 3.98. The first-order valence-corrected chi connectivity index (χ1v) is 9.43. The summed E-state index contributed by atoms with van der Waals surface area (Å²) in [5.74, 6) is 2.92. The molecule has 0 radical (unpaired) electrons. The summed E-state index contributed by atoms with van der Waals surface area (Å²) in [5, 5.41) is 0. The molecule has 2 aliphatic carbocycles. The Morgan fingerprint density at radius 3 is 2.56 bits per heavy atom. The van der Waals surface area contributed by atoms with Crippen LogP contribution in [0.3, 0.4) is 0 Å². The van der Waals surface area contributed by atoms with Gasteiger partial charge in [-0.25, -0.2) is 4.39 Å². The highest BCUT2D eigenvalue weighted by Crippen LogP contribution is 2.45. The molecular weight excluding hydrogens is 317 g/mol. The van der Waals surface area contributed by atoms with Crippen molar-refractivity contribution in [1.29, 1.82) is 0 Å². The summed E-state index contributed by atoms with van der Waals surface area (Å²) in [4.78, 5) is 2.57. The van der Waals surface area contributed by atoms with Gasteiger partial charge in [-0.1, -0.05) is 12.2 Å².